The van der Waals surface area contributed by atoms with Gasteiger partial charge in [0, 0.05) is 18.4 Å². The maximum absolute atomic E-state index is 10.0. The molecule has 0 fully saturated rings. The first-order valence-electron chi connectivity index (χ1n) is 3.73. The molecule has 0 atom stereocenters. The van der Waals surface area contributed by atoms with Crippen LogP contribution >= 0.6 is 0 Å². The lowest BCUT2D eigenvalue weighted by molar-refractivity contribution is 0.194. The lowest BCUT2D eigenvalue weighted by Crippen LogP contribution is -2.22. The molecule has 1 heterocycles. The number of carbonyl (C=O) groups is 1. The van der Waals surface area contributed by atoms with Crippen molar-refractivity contribution in [3.8, 4) is 0 Å². The van der Waals surface area contributed by atoms with Gasteiger partial charge in [-0.25, -0.2) is 9.78 Å². The number of imidazole rings is 1. The predicted molar refractivity (Wildman–Crippen MR) is 42.9 cm³/mol. The number of carboxylic acid groups (broad SMARTS) is 1. The summed E-state index contributed by atoms with van der Waals surface area (Å²) in [6, 6.07) is 0. The van der Waals surface area contributed by atoms with Gasteiger partial charge >= 0.3 is 6.09 Å². The van der Waals surface area contributed by atoms with E-state index in [-0.39, 0.29) is 0 Å². The number of H-pyrrole nitrogens is 1. The zero-order valence-corrected chi connectivity index (χ0v) is 6.58. The topological polar surface area (TPSA) is 78.0 Å². The third kappa shape index (κ3) is 3.05. The lowest BCUT2D eigenvalue weighted by atomic mass is 10.2. The van der Waals surface area contributed by atoms with E-state index < -0.39 is 6.09 Å². The van der Waals surface area contributed by atoms with Gasteiger partial charge in [-0.15, -0.1) is 0 Å². The van der Waals surface area contributed by atoms with Crippen molar-refractivity contribution in [2.45, 2.75) is 12.8 Å². The first-order valence-corrected chi connectivity index (χ1v) is 3.73. The predicted octanol–water partition coefficient (Wildman–Crippen LogP) is 0.610. The molecule has 1 aromatic heterocycles. The molecule has 66 valence electrons. The highest BCUT2D eigenvalue weighted by Gasteiger charge is 1.95. The van der Waals surface area contributed by atoms with Crippen LogP contribution in [0.25, 0.3) is 0 Å². The molecule has 0 saturated carbocycles. The Kier molecular flexibility index (Phi) is 3.13. The van der Waals surface area contributed by atoms with Crippen molar-refractivity contribution in [1.82, 2.24) is 15.3 Å². The van der Waals surface area contributed by atoms with Gasteiger partial charge < -0.3 is 15.4 Å². The van der Waals surface area contributed by atoms with Crippen LogP contribution in [0, 0.1) is 0 Å². The van der Waals surface area contributed by atoms with E-state index >= 15 is 0 Å². The van der Waals surface area contributed by atoms with Crippen LogP contribution in [0.15, 0.2) is 12.5 Å². The molecule has 0 spiro atoms. The van der Waals surface area contributed by atoms with Crippen LogP contribution in [0.1, 0.15) is 12.1 Å². The molecule has 1 aromatic rings. The Morgan fingerprint density at radius 3 is 3.17 bits per heavy atom. The Morgan fingerprint density at radius 2 is 2.58 bits per heavy atom. The molecule has 0 radical (unpaired) electrons. The van der Waals surface area contributed by atoms with Crippen molar-refractivity contribution >= 4 is 6.09 Å². The summed E-state index contributed by atoms with van der Waals surface area (Å²) in [4.78, 5) is 16.8. The zero-order chi connectivity index (χ0) is 8.81. The van der Waals surface area contributed by atoms with E-state index in [1.807, 2.05) is 0 Å². The van der Waals surface area contributed by atoms with Gasteiger partial charge in [-0.3, -0.25) is 0 Å². The number of hydrogen-bond donors (Lipinski definition) is 3. The number of aromatic amines is 1. The molecule has 12 heavy (non-hydrogen) atoms. The monoisotopic (exact) mass is 169 g/mol. The highest BCUT2D eigenvalue weighted by Crippen LogP contribution is 1.94. The van der Waals surface area contributed by atoms with Crippen molar-refractivity contribution in [1.29, 1.82) is 0 Å². The number of aromatic nitrogens is 2. The van der Waals surface area contributed by atoms with Gasteiger partial charge in [0.05, 0.1) is 6.33 Å². The van der Waals surface area contributed by atoms with Gasteiger partial charge in [0.2, 0.25) is 0 Å². The zero-order valence-electron chi connectivity index (χ0n) is 6.58. The highest BCUT2D eigenvalue weighted by molar-refractivity contribution is 5.64. The van der Waals surface area contributed by atoms with E-state index in [9.17, 15) is 4.79 Å². The maximum atomic E-state index is 10.0. The fourth-order valence-corrected chi connectivity index (χ4v) is 0.896. The van der Waals surface area contributed by atoms with Gasteiger partial charge in [-0.05, 0) is 12.8 Å². The Balaban J connectivity index is 2.07. The maximum Gasteiger partial charge on any atom is 0.404 e. The van der Waals surface area contributed by atoms with Crippen LogP contribution in [0.5, 0.6) is 0 Å². The Hall–Kier alpha value is -1.52. The average molecular weight is 169 g/mol. The Labute approximate surface area is 69.8 Å². The fourth-order valence-electron chi connectivity index (χ4n) is 0.896. The summed E-state index contributed by atoms with van der Waals surface area (Å²) in [6.07, 6.45) is 3.98. The van der Waals surface area contributed by atoms with E-state index in [1.54, 1.807) is 12.5 Å². The number of aryl methyl sites for hydroxylation is 1. The van der Waals surface area contributed by atoms with Crippen LogP contribution < -0.4 is 5.32 Å². The van der Waals surface area contributed by atoms with Crippen molar-refractivity contribution in [2.24, 2.45) is 0 Å². The van der Waals surface area contributed by atoms with Crippen LogP contribution in [-0.4, -0.2) is 27.7 Å². The van der Waals surface area contributed by atoms with E-state index in [4.69, 9.17) is 5.11 Å². The Bertz CT molecular complexity index is 233. The first-order chi connectivity index (χ1) is 5.79. The number of amides is 1. The third-order valence-corrected chi connectivity index (χ3v) is 1.45. The minimum absolute atomic E-state index is 0.481. The molecule has 5 nitrogen and oxygen atoms in total. The fraction of sp³-hybridized carbons (Fsp3) is 0.429. The van der Waals surface area contributed by atoms with Gasteiger partial charge in [0.25, 0.3) is 0 Å². The average Bonchev–Trinajstić information content (AvgIpc) is 2.49. The number of nitrogens with one attached hydrogen (secondary N) is 2. The summed E-state index contributed by atoms with van der Waals surface area (Å²) in [5.41, 5.74) is 1.03. The van der Waals surface area contributed by atoms with E-state index in [0.717, 1.165) is 18.5 Å². The Morgan fingerprint density at radius 1 is 1.75 bits per heavy atom. The van der Waals surface area contributed by atoms with Crippen molar-refractivity contribution < 1.29 is 9.90 Å². The quantitative estimate of drug-likeness (QED) is 0.578. The smallest absolute Gasteiger partial charge is 0.404 e. The molecule has 3 N–H and O–H groups in total. The van der Waals surface area contributed by atoms with Crippen LogP contribution in [0.3, 0.4) is 0 Å². The number of nitrogens with zero attached hydrogens (tertiary/aromatic N) is 1. The van der Waals surface area contributed by atoms with Gasteiger partial charge in [-0.2, -0.15) is 0 Å². The molecular formula is C7H11N3O2. The highest BCUT2D eigenvalue weighted by atomic mass is 16.4. The van der Waals surface area contributed by atoms with Crippen molar-refractivity contribution in [3.63, 3.8) is 0 Å². The summed E-state index contributed by atoms with van der Waals surface area (Å²) < 4.78 is 0. The van der Waals surface area contributed by atoms with Gasteiger partial charge in [0.15, 0.2) is 0 Å². The van der Waals surface area contributed by atoms with Crippen molar-refractivity contribution in [3.05, 3.63) is 18.2 Å². The van der Waals surface area contributed by atoms with E-state index in [0.29, 0.717) is 6.54 Å². The summed E-state index contributed by atoms with van der Waals surface area (Å²) in [6.45, 7) is 0.481. The summed E-state index contributed by atoms with van der Waals surface area (Å²) in [5, 5.41) is 10.5. The molecule has 0 aliphatic rings. The van der Waals surface area contributed by atoms with E-state index in [1.165, 1.54) is 0 Å². The summed E-state index contributed by atoms with van der Waals surface area (Å²) in [7, 11) is 0. The molecular weight excluding hydrogens is 158 g/mol. The van der Waals surface area contributed by atoms with Crippen LogP contribution in [-0.2, 0) is 6.42 Å². The van der Waals surface area contributed by atoms with Crippen molar-refractivity contribution in [2.75, 3.05) is 6.54 Å². The molecule has 0 aromatic carbocycles. The summed E-state index contributed by atoms with van der Waals surface area (Å²) >= 11 is 0. The molecule has 1 amide bonds. The van der Waals surface area contributed by atoms with Crippen LogP contribution in [0.2, 0.25) is 0 Å². The third-order valence-electron chi connectivity index (χ3n) is 1.45. The SMILES string of the molecule is O=C(O)NCCCc1cnc[nH]1. The minimum Gasteiger partial charge on any atom is -0.465 e. The second-order valence-corrected chi connectivity index (χ2v) is 2.41. The van der Waals surface area contributed by atoms with E-state index in [2.05, 4.69) is 15.3 Å². The molecule has 5 heteroatoms. The number of hydrogen-bond acceptors (Lipinski definition) is 2. The van der Waals surface area contributed by atoms with Crippen LogP contribution in [0.4, 0.5) is 4.79 Å². The normalized spacial score (nSPS) is 9.67. The molecule has 0 saturated heterocycles. The van der Waals surface area contributed by atoms with Gasteiger partial charge in [0.1, 0.15) is 0 Å². The summed E-state index contributed by atoms with van der Waals surface area (Å²) in [5.74, 6) is 0. The second-order valence-electron chi connectivity index (χ2n) is 2.41. The standard InChI is InChI=1S/C7H11N3O2/c11-7(12)9-3-1-2-6-4-8-5-10-6/h4-5,9H,1-3H2,(H,8,10)(H,11,12). The molecule has 0 aliphatic heterocycles. The lowest BCUT2D eigenvalue weighted by Gasteiger charge is -1.98. The van der Waals surface area contributed by atoms with Gasteiger partial charge in [-0.1, -0.05) is 0 Å². The first kappa shape index (κ1) is 8.58. The molecule has 0 bridgehead atoms. The molecule has 1 rings (SSSR count). The largest absolute Gasteiger partial charge is 0.465 e. The number of rotatable bonds is 4. The minimum atomic E-state index is -0.973. The molecule has 0 aliphatic carbocycles. The molecule has 0 unspecified atom stereocenters. The second kappa shape index (κ2) is 4.38.